The van der Waals surface area contributed by atoms with Crippen LogP contribution in [-0.4, -0.2) is 16.1 Å². The van der Waals surface area contributed by atoms with Crippen molar-refractivity contribution in [1.29, 1.82) is 0 Å². The van der Waals surface area contributed by atoms with Crippen molar-refractivity contribution in [3.63, 3.8) is 0 Å². The summed E-state index contributed by atoms with van der Waals surface area (Å²) in [6.45, 7) is 1.81. The molecule has 4 nitrogen and oxygen atoms in total. The predicted octanol–water partition coefficient (Wildman–Crippen LogP) is 2.48. The van der Waals surface area contributed by atoms with Gasteiger partial charge in [0.25, 0.3) is 0 Å². The number of hydrogen-bond donors (Lipinski definition) is 2. The summed E-state index contributed by atoms with van der Waals surface area (Å²) in [5, 5.41) is 8.82. The summed E-state index contributed by atoms with van der Waals surface area (Å²) < 4.78 is 13.7. The number of nitrogen functional groups attached to an aromatic ring is 1. The van der Waals surface area contributed by atoms with E-state index in [2.05, 4.69) is 4.98 Å². The molecule has 3 N–H and O–H groups in total. The molecule has 0 spiro atoms. The molecule has 0 saturated carbocycles. The first kappa shape index (κ1) is 12.0. The number of nitrogens with zero attached hydrogens (tertiary/aromatic N) is 1. The van der Waals surface area contributed by atoms with E-state index in [1.165, 1.54) is 6.07 Å². The Morgan fingerprint density at radius 3 is 2.61 bits per heavy atom. The molecule has 1 aromatic heterocycles. The van der Waals surface area contributed by atoms with Crippen molar-refractivity contribution in [3.8, 4) is 11.1 Å². The Morgan fingerprint density at radius 1 is 1.33 bits per heavy atom. The summed E-state index contributed by atoms with van der Waals surface area (Å²) in [5.74, 6) is -2.21. The molecule has 0 aliphatic carbocycles. The molecule has 0 unspecified atom stereocenters. The number of anilines is 1. The smallest absolute Gasteiger partial charge is 0.340 e. The van der Waals surface area contributed by atoms with E-state index < -0.39 is 17.3 Å². The van der Waals surface area contributed by atoms with Crippen molar-refractivity contribution in [2.75, 3.05) is 5.73 Å². The Labute approximate surface area is 103 Å². The van der Waals surface area contributed by atoms with Gasteiger partial charge >= 0.3 is 5.97 Å². The van der Waals surface area contributed by atoms with Gasteiger partial charge in [-0.3, -0.25) is 4.98 Å². The number of carboxylic acids is 1. The number of aryl methyl sites for hydroxylation is 1. The van der Waals surface area contributed by atoms with E-state index in [4.69, 9.17) is 10.8 Å². The van der Waals surface area contributed by atoms with Crippen LogP contribution in [0.2, 0.25) is 0 Å². The Morgan fingerprint density at radius 2 is 2.06 bits per heavy atom. The zero-order valence-corrected chi connectivity index (χ0v) is 9.64. The highest BCUT2D eigenvalue weighted by atomic mass is 19.1. The number of aromatic nitrogens is 1. The fourth-order valence-electron chi connectivity index (χ4n) is 1.75. The molecule has 1 aromatic carbocycles. The SMILES string of the molecule is Cc1cc(-c2cc(N)c(C(=O)O)c(F)c2)ccn1. The standard InChI is InChI=1S/C13H11FN2O2/c1-7-4-8(2-3-16-7)9-5-10(14)12(13(17)18)11(15)6-9/h2-6H,15H2,1H3,(H,17,18). The van der Waals surface area contributed by atoms with E-state index in [9.17, 15) is 9.18 Å². The Kier molecular flexibility index (Phi) is 2.97. The topological polar surface area (TPSA) is 76.2 Å². The predicted molar refractivity (Wildman–Crippen MR) is 65.7 cm³/mol. The lowest BCUT2D eigenvalue weighted by Crippen LogP contribution is -2.06. The highest BCUT2D eigenvalue weighted by molar-refractivity contribution is 5.95. The van der Waals surface area contributed by atoms with Crippen LogP contribution < -0.4 is 5.73 Å². The van der Waals surface area contributed by atoms with Gasteiger partial charge in [0.2, 0.25) is 0 Å². The molecule has 0 bridgehead atoms. The van der Waals surface area contributed by atoms with E-state index in [0.717, 1.165) is 17.3 Å². The Hall–Kier alpha value is -2.43. The molecule has 0 saturated heterocycles. The van der Waals surface area contributed by atoms with E-state index >= 15 is 0 Å². The molecule has 0 aliphatic rings. The summed E-state index contributed by atoms with van der Waals surface area (Å²) >= 11 is 0. The van der Waals surface area contributed by atoms with Gasteiger partial charge in [-0.2, -0.15) is 0 Å². The summed E-state index contributed by atoms with van der Waals surface area (Å²) in [4.78, 5) is 14.9. The fraction of sp³-hybridized carbons (Fsp3) is 0.0769. The third kappa shape index (κ3) is 2.15. The van der Waals surface area contributed by atoms with Crippen LogP contribution >= 0.6 is 0 Å². The van der Waals surface area contributed by atoms with E-state index in [-0.39, 0.29) is 5.69 Å². The number of nitrogens with two attached hydrogens (primary N) is 1. The van der Waals surface area contributed by atoms with Crippen LogP contribution in [0.3, 0.4) is 0 Å². The van der Waals surface area contributed by atoms with Gasteiger partial charge in [0.1, 0.15) is 11.4 Å². The molecule has 2 aromatic rings. The molecule has 0 radical (unpaired) electrons. The van der Waals surface area contributed by atoms with E-state index in [1.54, 1.807) is 18.3 Å². The maximum absolute atomic E-state index is 13.7. The minimum atomic E-state index is -1.37. The number of pyridine rings is 1. The van der Waals surface area contributed by atoms with Crippen molar-refractivity contribution in [2.24, 2.45) is 0 Å². The maximum Gasteiger partial charge on any atom is 0.340 e. The quantitative estimate of drug-likeness (QED) is 0.798. The van der Waals surface area contributed by atoms with Crippen molar-refractivity contribution >= 4 is 11.7 Å². The molecule has 1 heterocycles. The molecule has 92 valence electrons. The summed E-state index contributed by atoms with van der Waals surface area (Å²) in [5.41, 5.74) is 7.03. The number of aromatic carboxylic acids is 1. The third-order valence-electron chi connectivity index (χ3n) is 2.56. The third-order valence-corrected chi connectivity index (χ3v) is 2.56. The first-order chi connectivity index (χ1) is 8.49. The van der Waals surface area contributed by atoms with Gasteiger partial charge in [0, 0.05) is 17.6 Å². The Bertz CT molecular complexity index is 603. The summed E-state index contributed by atoms with van der Waals surface area (Å²) in [7, 11) is 0. The zero-order valence-electron chi connectivity index (χ0n) is 9.64. The van der Waals surface area contributed by atoms with Crippen LogP contribution in [0.15, 0.2) is 30.5 Å². The largest absolute Gasteiger partial charge is 0.478 e. The normalized spacial score (nSPS) is 10.3. The van der Waals surface area contributed by atoms with Gasteiger partial charge < -0.3 is 10.8 Å². The van der Waals surface area contributed by atoms with Crippen LogP contribution in [0.1, 0.15) is 16.1 Å². The monoisotopic (exact) mass is 246 g/mol. The van der Waals surface area contributed by atoms with Crippen molar-refractivity contribution in [1.82, 2.24) is 4.98 Å². The molecule has 5 heteroatoms. The summed E-state index contributed by atoms with van der Waals surface area (Å²) in [6.07, 6.45) is 1.60. The van der Waals surface area contributed by atoms with Crippen LogP contribution in [0.4, 0.5) is 10.1 Å². The second kappa shape index (κ2) is 4.44. The number of hydrogen-bond acceptors (Lipinski definition) is 3. The van der Waals surface area contributed by atoms with Crippen LogP contribution in [0.5, 0.6) is 0 Å². The van der Waals surface area contributed by atoms with E-state index in [0.29, 0.717) is 5.56 Å². The number of halogens is 1. The van der Waals surface area contributed by atoms with Crippen molar-refractivity contribution in [2.45, 2.75) is 6.92 Å². The van der Waals surface area contributed by atoms with Gasteiger partial charge in [-0.25, -0.2) is 9.18 Å². The minimum absolute atomic E-state index is 0.0908. The number of carbonyl (C=O) groups is 1. The van der Waals surface area contributed by atoms with Gasteiger partial charge in [-0.05, 0) is 42.3 Å². The van der Waals surface area contributed by atoms with Gasteiger partial charge in [0.05, 0.1) is 0 Å². The van der Waals surface area contributed by atoms with Crippen molar-refractivity contribution < 1.29 is 14.3 Å². The second-order valence-electron chi connectivity index (χ2n) is 3.91. The highest BCUT2D eigenvalue weighted by Gasteiger charge is 2.16. The number of rotatable bonds is 2. The lowest BCUT2D eigenvalue weighted by Gasteiger charge is -2.07. The Balaban J connectivity index is 2.58. The number of carboxylic acid groups (broad SMARTS) is 1. The average Bonchev–Trinajstić information content (AvgIpc) is 2.27. The zero-order chi connectivity index (χ0) is 13.3. The lowest BCUT2D eigenvalue weighted by atomic mass is 10.0. The number of benzene rings is 1. The molecular weight excluding hydrogens is 235 g/mol. The second-order valence-corrected chi connectivity index (χ2v) is 3.91. The molecule has 0 amide bonds. The molecule has 18 heavy (non-hydrogen) atoms. The van der Waals surface area contributed by atoms with Crippen LogP contribution in [0, 0.1) is 12.7 Å². The molecule has 0 aliphatic heterocycles. The fourth-order valence-corrected chi connectivity index (χ4v) is 1.75. The van der Waals surface area contributed by atoms with Gasteiger partial charge in [-0.15, -0.1) is 0 Å². The molecule has 0 atom stereocenters. The van der Waals surface area contributed by atoms with Crippen molar-refractivity contribution in [3.05, 3.63) is 47.5 Å². The lowest BCUT2D eigenvalue weighted by molar-refractivity contribution is 0.0693. The maximum atomic E-state index is 13.7. The molecular formula is C13H11FN2O2. The summed E-state index contributed by atoms with van der Waals surface area (Å²) in [6, 6.07) is 6.09. The average molecular weight is 246 g/mol. The first-order valence-electron chi connectivity index (χ1n) is 5.24. The minimum Gasteiger partial charge on any atom is -0.478 e. The van der Waals surface area contributed by atoms with E-state index in [1.807, 2.05) is 6.92 Å². The highest BCUT2D eigenvalue weighted by Crippen LogP contribution is 2.26. The van der Waals surface area contributed by atoms with Gasteiger partial charge in [-0.1, -0.05) is 0 Å². The van der Waals surface area contributed by atoms with Crippen LogP contribution in [0.25, 0.3) is 11.1 Å². The van der Waals surface area contributed by atoms with Gasteiger partial charge in [0.15, 0.2) is 0 Å². The molecule has 0 fully saturated rings. The molecule has 2 rings (SSSR count). The first-order valence-corrected chi connectivity index (χ1v) is 5.24. The van der Waals surface area contributed by atoms with Crippen LogP contribution in [-0.2, 0) is 0 Å².